The van der Waals surface area contributed by atoms with Crippen molar-refractivity contribution >= 4 is 5.78 Å². The van der Waals surface area contributed by atoms with Gasteiger partial charge in [-0.3, -0.25) is 4.79 Å². The number of benzene rings is 4. The molecule has 47 heavy (non-hydrogen) atoms. The molecule has 4 aromatic carbocycles. The maximum Gasteiger partial charge on any atom is 0.180 e. The van der Waals surface area contributed by atoms with Crippen LogP contribution in [0, 0.1) is 0 Å². The fourth-order valence-corrected chi connectivity index (χ4v) is 5.85. The molecule has 0 radical (unpaired) electrons. The molecule has 0 aromatic heterocycles. The van der Waals surface area contributed by atoms with Crippen LogP contribution in [0.3, 0.4) is 0 Å². The summed E-state index contributed by atoms with van der Waals surface area (Å²) in [6, 6.07) is 32.6. The second kappa shape index (κ2) is 15.8. The zero-order chi connectivity index (χ0) is 33.2. The van der Waals surface area contributed by atoms with Crippen LogP contribution >= 0.6 is 0 Å². The van der Waals surface area contributed by atoms with Crippen LogP contribution in [0.1, 0.15) is 22.3 Å². The van der Waals surface area contributed by atoms with E-state index in [1.807, 2.05) is 36.4 Å². The minimum atomic E-state index is -0.897. The van der Waals surface area contributed by atoms with E-state index in [9.17, 15) is 20.1 Å². The number of rotatable bonds is 18. The highest BCUT2D eigenvalue weighted by Gasteiger charge is 2.45. The molecule has 5 rings (SSSR count). The second-order valence-corrected chi connectivity index (χ2v) is 11.3. The Hall–Kier alpha value is -4.57. The van der Waals surface area contributed by atoms with Gasteiger partial charge in [0.05, 0.1) is 31.3 Å². The van der Waals surface area contributed by atoms with E-state index in [-0.39, 0.29) is 45.4 Å². The van der Waals surface area contributed by atoms with Gasteiger partial charge in [0.15, 0.2) is 5.78 Å². The minimum Gasteiger partial charge on any atom is -0.491 e. The van der Waals surface area contributed by atoms with Gasteiger partial charge in [-0.1, -0.05) is 85.5 Å². The number of carbonyl (C=O) groups excluding carboxylic acids is 1. The van der Waals surface area contributed by atoms with Gasteiger partial charge in [-0.2, -0.15) is 0 Å². The molecule has 4 aromatic rings. The summed E-state index contributed by atoms with van der Waals surface area (Å²) in [5.74, 6) is 0.949. The molecule has 8 nitrogen and oxygen atoms in total. The molecule has 244 valence electrons. The van der Waals surface area contributed by atoms with E-state index >= 15 is 0 Å². The molecule has 8 heteroatoms. The Bertz CT molecular complexity index is 1600. The summed E-state index contributed by atoms with van der Waals surface area (Å²) in [5.41, 5.74) is 6.07. The highest BCUT2D eigenvalue weighted by atomic mass is 16.5. The molecular formula is C39H40O8. The van der Waals surface area contributed by atoms with E-state index in [1.165, 1.54) is 12.2 Å². The van der Waals surface area contributed by atoms with E-state index in [1.54, 1.807) is 0 Å². The number of ketones is 1. The summed E-state index contributed by atoms with van der Waals surface area (Å²) in [6.07, 6.45) is 0.0262. The fourth-order valence-electron chi connectivity index (χ4n) is 5.85. The van der Waals surface area contributed by atoms with Gasteiger partial charge in [-0.25, -0.2) is 0 Å². The smallest absolute Gasteiger partial charge is 0.180 e. The van der Waals surface area contributed by atoms with Crippen LogP contribution in [0.15, 0.2) is 122 Å². The fraction of sp³-hybridized carbons (Fsp3) is 0.256. The Morgan fingerprint density at radius 2 is 1.11 bits per heavy atom. The van der Waals surface area contributed by atoms with Crippen LogP contribution in [0.5, 0.6) is 11.5 Å². The highest BCUT2D eigenvalue weighted by Crippen LogP contribution is 2.56. The first kappa shape index (κ1) is 33.8. The van der Waals surface area contributed by atoms with Crippen LogP contribution in [0.25, 0.3) is 11.1 Å². The molecule has 0 saturated carbocycles. The topological polar surface area (TPSA) is 115 Å². The molecule has 0 spiro atoms. The van der Waals surface area contributed by atoms with E-state index in [2.05, 4.69) is 73.8 Å². The summed E-state index contributed by atoms with van der Waals surface area (Å²) in [5, 5.41) is 30.1. The largest absolute Gasteiger partial charge is 0.491 e. The van der Waals surface area contributed by atoms with Gasteiger partial charge in [0.2, 0.25) is 0 Å². The van der Waals surface area contributed by atoms with Crippen LogP contribution in [-0.4, -0.2) is 79.1 Å². The lowest BCUT2D eigenvalue weighted by Crippen LogP contribution is -2.28. The molecule has 0 fully saturated rings. The van der Waals surface area contributed by atoms with Crippen molar-refractivity contribution in [2.45, 2.75) is 23.7 Å². The van der Waals surface area contributed by atoms with Crippen LogP contribution in [-0.2, 0) is 19.7 Å². The monoisotopic (exact) mass is 636 g/mol. The van der Waals surface area contributed by atoms with Crippen molar-refractivity contribution in [2.24, 2.45) is 0 Å². The predicted molar refractivity (Wildman–Crippen MR) is 180 cm³/mol. The summed E-state index contributed by atoms with van der Waals surface area (Å²) in [7, 11) is 0. The molecule has 1 aliphatic rings. The average Bonchev–Trinajstić information content (AvgIpc) is 3.41. The number of hydrogen-bond acceptors (Lipinski definition) is 8. The molecular weight excluding hydrogens is 596 g/mol. The summed E-state index contributed by atoms with van der Waals surface area (Å²) >= 11 is 0. The molecule has 3 atom stereocenters. The van der Waals surface area contributed by atoms with Crippen molar-refractivity contribution in [1.82, 2.24) is 0 Å². The third kappa shape index (κ3) is 7.71. The number of aliphatic hydroxyl groups is 3. The number of hydrogen-bond donors (Lipinski definition) is 3. The van der Waals surface area contributed by atoms with Gasteiger partial charge in [0, 0.05) is 0 Å². The molecule has 0 bridgehead atoms. The Morgan fingerprint density at radius 1 is 0.638 bits per heavy atom. The number of fused-ring (bicyclic) bond motifs is 3. The molecule has 0 heterocycles. The van der Waals surface area contributed by atoms with E-state index < -0.39 is 23.7 Å². The van der Waals surface area contributed by atoms with Crippen LogP contribution in [0.2, 0.25) is 0 Å². The molecule has 0 amide bonds. The van der Waals surface area contributed by atoms with Crippen molar-refractivity contribution in [3.05, 3.63) is 145 Å². The first-order valence-electron chi connectivity index (χ1n) is 15.5. The zero-order valence-electron chi connectivity index (χ0n) is 26.2. The van der Waals surface area contributed by atoms with Gasteiger partial charge >= 0.3 is 0 Å². The summed E-state index contributed by atoms with van der Waals surface area (Å²) in [6.45, 7) is 6.89. The molecule has 0 aliphatic heterocycles. The van der Waals surface area contributed by atoms with E-state index in [0.717, 1.165) is 33.4 Å². The van der Waals surface area contributed by atoms with E-state index in [4.69, 9.17) is 18.9 Å². The maximum absolute atomic E-state index is 11.3. The van der Waals surface area contributed by atoms with Gasteiger partial charge in [0.1, 0.15) is 43.5 Å². The third-order valence-corrected chi connectivity index (χ3v) is 8.06. The van der Waals surface area contributed by atoms with Crippen molar-refractivity contribution < 1.29 is 39.1 Å². The summed E-state index contributed by atoms with van der Waals surface area (Å²) in [4.78, 5) is 11.3. The van der Waals surface area contributed by atoms with Gasteiger partial charge in [-0.05, 0) is 63.7 Å². The highest BCUT2D eigenvalue weighted by molar-refractivity contribution is 5.90. The standard InChI is InChI=1S/C39H40O8/c1-3-29(40)21-44-23-31(42)25-46-33-17-13-27(14-18-33)39(37-11-7-5-9-35(37)36-10-6-8-12-38(36)39)28-15-19-34(20-16-28)47-26-32(43)24-45-22-30(41)4-2/h3-20,29,31-32,40,42-43H,1-2,21-26H2. The quantitative estimate of drug-likeness (QED) is 0.0923. The maximum atomic E-state index is 11.3. The number of carbonyl (C=O) groups is 1. The molecule has 3 N–H and O–H groups in total. The first-order valence-corrected chi connectivity index (χ1v) is 15.5. The average molecular weight is 637 g/mol. The van der Waals surface area contributed by atoms with Crippen LogP contribution < -0.4 is 9.47 Å². The SMILES string of the molecule is C=CC(=O)COCC(O)COc1ccc(C2(c3ccc(OCC(O)COCC(O)C=C)cc3)c3ccccc3-c3ccccc32)cc1. The molecule has 0 saturated heterocycles. The van der Waals surface area contributed by atoms with Crippen LogP contribution in [0.4, 0.5) is 0 Å². The Morgan fingerprint density at radius 3 is 1.57 bits per heavy atom. The Labute approximate surface area is 275 Å². The molecule has 3 unspecified atom stereocenters. The zero-order valence-corrected chi connectivity index (χ0v) is 26.2. The van der Waals surface area contributed by atoms with Crippen molar-refractivity contribution in [3.63, 3.8) is 0 Å². The lowest BCUT2D eigenvalue weighted by atomic mass is 9.68. The minimum absolute atomic E-state index is 0.0114. The van der Waals surface area contributed by atoms with Gasteiger partial charge in [-0.15, -0.1) is 6.58 Å². The first-order chi connectivity index (χ1) is 22.9. The lowest BCUT2D eigenvalue weighted by molar-refractivity contribution is -0.120. The molecule has 1 aliphatic carbocycles. The lowest BCUT2D eigenvalue weighted by Gasteiger charge is -2.34. The second-order valence-electron chi connectivity index (χ2n) is 11.3. The Kier molecular flexibility index (Phi) is 11.4. The predicted octanol–water partition coefficient (Wildman–Crippen LogP) is 4.86. The summed E-state index contributed by atoms with van der Waals surface area (Å²) < 4.78 is 22.3. The van der Waals surface area contributed by atoms with Crippen molar-refractivity contribution in [3.8, 4) is 22.6 Å². The van der Waals surface area contributed by atoms with Gasteiger partial charge in [0.25, 0.3) is 0 Å². The van der Waals surface area contributed by atoms with Gasteiger partial charge < -0.3 is 34.3 Å². The Balaban J connectivity index is 1.38. The van der Waals surface area contributed by atoms with Crippen molar-refractivity contribution in [1.29, 1.82) is 0 Å². The number of ether oxygens (including phenoxy) is 4. The normalized spacial score (nSPS) is 14.7. The van der Waals surface area contributed by atoms with Crippen molar-refractivity contribution in [2.75, 3.05) is 39.6 Å². The third-order valence-electron chi connectivity index (χ3n) is 8.06. The number of aliphatic hydroxyl groups excluding tert-OH is 3. The van der Waals surface area contributed by atoms with E-state index in [0.29, 0.717) is 11.5 Å².